The second kappa shape index (κ2) is 17.6. The van der Waals surface area contributed by atoms with Gasteiger partial charge in [-0.15, -0.1) is 0 Å². The van der Waals surface area contributed by atoms with Crippen molar-refractivity contribution in [1.29, 1.82) is 0 Å². The van der Waals surface area contributed by atoms with Crippen LogP contribution in [0.4, 0.5) is 0 Å². The summed E-state index contributed by atoms with van der Waals surface area (Å²) in [4.78, 5) is 23.1. The Kier molecular flexibility index (Phi) is 17.5. The van der Waals surface area contributed by atoms with Crippen LogP contribution in [0.5, 0.6) is 11.5 Å². The van der Waals surface area contributed by atoms with Gasteiger partial charge >= 0.3 is 37.7 Å². The molecule has 0 saturated carbocycles. The first kappa shape index (κ1) is 46.5. The standard InChI is InChI=1S/2C17H29O5P.Ca/c2*1-8-21-23(19,20)22-11-12-9-13(16(2,3)4)15(18)14(10-12)17(5,6)7;/h2*9-10,18H,8,11H2,1-7H3,(H,19,20);/q;;+2/p-2. The molecular formula is C34H56CaO10P2. The van der Waals surface area contributed by atoms with E-state index in [4.69, 9.17) is 9.05 Å². The van der Waals surface area contributed by atoms with Gasteiger partial charge in [-0.1, -0.05) is 83.1 Å². The van der Waals surface area contributed by atoms with Crippen LogP contribution in [0.2, 0.25) is 0 Å². The molecule has 0 aliphatic carbocycles. The van der Waals surface area contributed by atoms with Crippen LogP contribution in [0, 0.1) is 0 Å². The third-order valence-corrected chi connectivity index (χ3v) is 8.96. The van der Waals surface area contributed by atoms with Gasteiger partial charge in [0.05, 0.1) is 26.4 Å². The number of hydrogen-bond donors (Lipinski definition) is 2. The number of phosphoric ester groups is 2. The number of phenols is 2. The quantitative estimate of drug-likeness (QED) is 0.184. The van der Waals surface area contributed by atoms with Crippen LogP contribution in [0.15, 0.2) is 24.3 Å². The molecule has 10 nitrogen and oxygen atoms in total. The molecule has 0 heterocycles. The third-order valence-electron chi connectivity index (χ3n) is 6.92. The van der Waals surface area contributed by atoms with Gasteiger partial charge in [0.15, 0.2) is 0 Å². The van der Waals surface area contributed by atoms with Crippen molar-refractivity contribution in [1.82, 2.24) is 0 Å². The van der Waals surface area contributed by atoms with Gasteiger partial charge in [-0.2, -0.15) is 0 Å². The summed E-state index contributed by atoms with van der Waals surface area (Å²) in [6.07, 6.45) is 0. The van der Waals surface area contributed by atoms with Gasteiger partial charge in [0.1, 0.15) is 11.5 Å². The van der Waals surface area contributed by atoms with E-state index < -0.39 is 15.6 Å². The van der Waals surface area contributed by atoms with Crippen molar-refractivity contribution < 1.29 is 47.2 Å². The van der Waals surface area contributed by atoms with E-state index in [1.807, 2.05) is 83.1 Å². The van der Waals surface area contributed by atoms with E-state index in [0.29, 0.717) is 11.1 Å². The molecule has 2 unspecified atom stereocenters. The Morgan fingerprint density at radius 1 is 0.532 bits per heavy atom. The molecule has 0 aliphatic rings. The van der Waals surface area contributed by atoms with E-state index in [9.17, 15) is 29.1 Å². The van der Waals surface area contributed by atoms with Gasteiger partial charge in [0.25, 0.3) is 15.6 Å². The third kappa shape index (κ3) is 15.1. The first-order valence-electron chi connectivity index (χ1n) is 15.5. The maximum atomic E-state index is 11.6. The van der Waals surface area contributed by atoms with Crippen molar-refractivity contribution in [3.05, 3.63) is 57.6 Å². The minimum absolute atomic E-state index is 0. The number of benzene rings is 2. The molecule has 0 fully saturated rings. The number of phosphoric acid groups is 2. The Morgan fingerprint density at radius 3 is 0.915 bits per heavy atom. The van der Waals surface area contributed by atoms with Gasteiger partial charge in [0, 0.05) is 0 Å². The zero-order valence-corrected chi connectivity index (χ0v) is 34.9. The van der Waals surface area contributed by atoms with E-state index in [1.54, 1.807) is 38.1 Å². The van der Waals surface area contributed by atoms with Crippen LogP contribution >= 0.6 is 15.6 Å². The van der Waals surface area contributed by atoms with Crippen LogP contribution in [-0.2, 0) is 62.1 Å². The van der Waals surface area contributed by atoms with E-state index in [-0.39, 0.29) is 97.3 Å². The summed E-state index contributed by atoms with van der Waals surface area (Å²) in [6, 6.07) is 7.15. The zero-order chi connectivity index (χ0) is 36.1. The Balaban J connectivity index is 0.000000882. The topological polar surface area (TPSA) is 158 Å². The Morgan fingerprint density at radius 2 is 0.745 bits per heavy atom. The Labute approximate surface area is 312 Å². The summed E-state index contributed by atoms with van der Waals surface area (Å²) < 4.78 is 42.2. The first-order valence-corrected chi connectivity index (χ1v) is 18.4. The predicted octanol–water partition coefficient (Wildman–Crippen LogP) is 7.64. The summed E-state index contributed by atoms with van der Waals surface area (Å²) in [5.74, 6) is 0.507. The Hall–Kier alpha value is -0.480. The van der Waals surface area contributed by atoms with E-state index in [2.05, 4.69) is 9.05 Å². The summed E-state index contributed by atoms with van der Waals surface area (Å²) >= 11 is 0. The van der Waals surface area contributed by atoms with Crippen molar-refractivity contribution in [3.8, 4) is 11.5 Å². The molecule has 0 bridgehead atoms. The van der Waals surface area contributed by atoms with Crippen LogP contribution in [0.3, 0.4) is 0 Å². The molecule has 2 rings (SSSR count). The fraction of sp³-hybridized carbons (Fsp3) is 0.647. The number of aromatic hydroxyl groups is 2. The predicted molar refractivity (Wildman–Crippen MR) is 185 cm³/mol. The Bertz CT molecular complexity index is 1240. The van der Waals surface area contributed by atoms with Crippen molar-refractivity contribution in [2.45, 2.75) is 132 Å². The fourth-order valence-corrected chi connectivity index (χ4v) is 5.94. The second-order valence-electron chi connectivity index (χ2n) is 15.4. The molecule has 2 atom stereocenters. The molecule has 0 spiro atoms. The zero-order valence-electron chi connectivity index (χ0n) is 30.9. The number of rotatable bonds is 10. The molecule has 0 saturated heterocycles. The molecule has 0 amide bonds. The SMILES string of the molecule is CCOP(=O)([O-])OCc1cc(C(C)(C)C)c(O)c(C(C)(C)C)c1.CCOP(=O)([O-])OCc1cc(C(C)(C)C)c(O)c(C(C)(C)C)c1.[Ca+2]. The van der Waals surface area contributed by atoms with Gasteiger partial charge in [-0.25, -0.2) is 0 Å². The average molecular weight is 727 g/mol. The van der Waals surface area contributed by atoms with Crippen LogP contribution < -0.4 is 9.79 Å². The average Bonchev–Trinajstić information content (AvgIpc) is 2.85. The van der Waals surface area contributed by atoms with E-state index >= 15 is 0 Å². The smallest absolute Gasteiger partial charge is 0.756 e. The molecule has 0 aliphatic heterocycles. The maximum Gasteiger partial charge on any atom is 2.00 e. The molecule has 13 heteroatoms. The molecule has 0 radical (unpaired) electrons. The van der Waals surface area contributed by atoms with E-state index in [1.165, 1.54) is 0 Å². The minimum atomic E-state index is -4.29. The maximum absolute atomic E-state index is 11.6. The van der Waals surface area contributed by atoms with Crippen molar-refractivity contribution in [2.75, 3.05) is 13.2 Å². The second-order valence-corrected chi connectivity index (χ2v) is 18.2. The van der Waals surface area contributed by atoms with Gasteiger partial charge in [0.2, 0.25) is 0 Å². The normalized spacial score (nSPS) is 15.1. The van der Waals surface area contributed by atoms with Crippen molar-refractivity contribution in [3.63, 3.8) is 0 Å². The monoisotopic (exact) mass is 726 g/mol. The van der Waals surface area contributed by atoms with Gasteiger partial charge in [-0.05, 0) is 93.2 Å². The van der Waals surface area contributed by atoms with Crippen molar-refractivity contribution in [2.24, 2.45) is 0 Å². The van der Waals surface area contributed by atoms with Crippen molar-refractivity contribution >= 4 is 53.4 Å². The fourth-order valence-electron chi connectivity index (χ4n) is 4.54. The summed E-state index contributed by atoms with van der Waals surface area (Å²) in [5, 5.41) is 21.2. The number of hydrogen-bond acceptors (Lipinski definition) is 10. The summed E-state index contributed by atoms with van der Waals surface area (Å²) in [5.41, 5.74) is 3.33. The largest absolute Gasteiger partial charge is 2.00 e. The summed E-state index contributed by atoms with van der Waals surface area (Å²) in [7, 11) is -8.59. The minimum Gasteiger partial charge on any atom is -0.756 e. The molecule has 2 aromatic rings. The van der Waals surface area contributed by atoms with E-state index in [0.717, 1.165) is 22.3 Å². The van der Waals surface area contributed by atoms with Crippen LogP contribution in [0.1, 0.15) is 130 Å². The van der Waals surface area contributed by atoms with Crippen LogP contribution in [0.25, 0.3) is 0 Å². The van der Waals surface area contributed by atoms with Crippen LogP contribution in [-0.4, -0.2) is 61.2 Å². The first-order chi connectivity index (χ1) is 20.6. The molecule has 264 valence electrons. The molecule has 0 aromatic heterocycles. The molecule has 47 heavy (non-hydrogen) atoms. The molecular weight excluding hydrogens is 670 g/mol. The molecule has 2 aromatic carbocycles. The van der Waals surface area contributed by atoms with Gasteiger partial charge < -0.3 is 38.1 Å². The molecule has 2 N–H and O–H groups in total. The van der Waals surface area contributed by atoms with Gasteiger partial charge in [-0.3, -0.25) is 9.13 Å². The summed E-state index contributed by atoms with van der Waals surface area (Å²) in [6.45, 7) is 27.0. The number of phenolic OH excluding ortho intramolecular Hbond substituents is 2.